The summed E-state index contributed by atoms with van der Waals surface area (Å²) in [5.41, 5.74) is 1.56. The third-order valence-electron chi connectivity index (χ3n) is 5.55. The molecular weight excluding hydrogens is 438 g/mol. The summed E-state index contributed by atoms with van der Waals surface area (Å²) in [7, 11) is 1.46. The zero-order valence-corrected chi connectivity index (χ0v) is 20.2. The average molecular weight is 472 g/mol. The van der Waals surface area contributed by atoms with E-state index in [1.54, 1.807) is 27.7 Å². The Hall–Kier alpha value is -3.46. The van der Waals surface area contributed by atoms with E-state index in [9.17, 15) is 24.4 Å². The van der Waals surface area contributed by atoms with Gasteiger partial charge < -0.3 is 15.4 Å². The topological polar surface area (TPSA) is 134 Å². The van der Waals surface area contributed by atoms with Crippen LogP contribution in [-0.4, -0.2) is 48.1 Å². The largest absolute Gasteiger partial charge is 0.451 e. The van der Waals surface area contributed by atoms with Crippen LogP contribution in [0.15, 0.2) is 42.5 Å². The standard InChI is InChI=1S/C25H33N3O6/c1-6-19(29)34-20(23(31)28-33)18(22(30)27-21(24(32)26-5)25(2,3)4)14-15-11-12-16-9-7-8-10-17(16)13-15/h7-13,18,20-21,33H,6,14H2,1-5H3,(H,26,32)(H,27,30)(H,28,31)/t18-,20+,21-/m1/s1. The molecule has 0 spiro atoms. The smallest absolute Gasteiger partial charge is 0.306 e. The predicted octanol–water partition coefficient (Wildman–Crippen LogP) is 2.10. The van der Waals surface area contributed by atoms with Gasteiger partial charge in [0.15, 0.2) is 6.10 Å². The van der Waals surface area contributed by atoms with Crippen molar-refractivity contribution in [1.82, 2.24) is 16.1 Å². The van der Waals surface area contributed by atoms with Gasteiger partial charge in [0.05, 0.1) is 5.92 Å². The van der Waals surface area contributed by atoms with E-state index >= 15 is 0 Å². The molecule has 2 aromatic carbocycles. The number of hydrogen-bond acceptors (Lipinski definition) is 6. The molecule has 0 unspecified atom stereocenters. The number of esters is 1. The normalized spacial score (nSPS) is 13.9. The molecule has 4 N–H and O–H groups in total. The van der Waals surface area contributed by atoms with Gasteiger partial charge in [0.1, 0.15) is 6.04 Å². The molecule has 0 radical (unpaired) electrons. The van der Waals surface area contributed by atoms with Crippen LogP contribution in [0.4, 0.5) is 0 Å². The fourth-order valence-electron chi connectivity index (χ4n) is 3.63. The van der Waals surface area contributed by atoms with E-state index in [4.69, 9.17) is 4.74 Å². The molecule has 2 rings (SSSR count). The molecule has 0 aliphatic carbocycles. The van der Waals surface area contributed by atoms with E-state index in [0.717, 1.165) is 16.3 Å². The van der Waals surface area contributed by atoms with Crippen LogP contribution >= 0.6 is 0 Å². The molecular formula is C25H33N3O6. The molecule has 3 atom stereocenters. The summed E-state index contributed by atoms with van der Waals surface area (Å²) < 4.78 is 5.28. The molecule has 34 heavy (non-hydrogen) atoms. The van der Waals surface area contributed by atoms with Crippen molar-refractivity contribution in [2.45, 2.75) is 52.7 Å². The van der Waals surface area contributed by atoms with Crippen LogP contribution in [-0.2, 0) is 30.3 Å². The highest BCUT2D eigenvalue weighted by atomic mass is 16.6. The third-order valence-corrected chi connectivity index (χ3v) is 5.55. The second kappa shape index (κ2) is 11.6. The Morgan fingerprint density at radius 2 is 1.62 bits per heavy atom. The number of likely N-dealkylation sites (N-methyl/N-ethyl adjacent to an activating group) is 1. The number of carbonyl (C=O) groups is 4. The predicted molar refractivity (Wildman–Crippen MR) is 127 cm³/mol. The SMILES string of the molecule is CCC(=O)O[C@H](C(=O)NO)[C@@H](Cc1ccc2ccccc2c1)C(=O)N[C@H](C(=O)NC)C(C)(C)C. The number of ether oxygens (including phenoxy) is 1. The van der Waals surface area contributed by atoms with Gasteiger partial charge in [-0.2, -0.15) is 0 Å². The fraction of sp³-hybridized carbons (Fsp3) is 0.440. The van der Waals surface area contributed by atoms with Gasteiger partial charge in [-0.1, -0.05) is 70.2 Å². The lowest BCUT2D eigenvalue weighted by atomic mass is 9.84. The highest BCUT2D eigenvalue weighted by Gasteiger charge is 2.40. The maximum absolute atomic E-state index is 13.5. The Kier molecular flexibility index (Phi) is 9.14. The average Bonchev–Trinajstić information content (AvgIpc) is 2.82. The second-order valence-corrected chi connectivity index (χ2v) is 9.15. The van der Waals surface area contributed by atoms with Crippen molar-refractivity contribution in [3.63, 3.8) is 0 Å². The van der Waals surface area contributed by atoms with Crippen molar-refractivity contribution < 1.29 is 29.1 Å². The van der Waals surface area contributed by atoms with Crippen molar-refractivity contribution in [2.75, 3.05) is 7.05 Å². The quantitative estimate of drug-likeness (QED) is 0.251. The molecule has 184 valence electrons. The first-order valence-corrected chi connectivity index (χ1v) is 11.1. The zero-order chi connectivity index (χ0) is 25.5. The number of rotatable bonds is 9. The summed E-state index contributed by atoms with van der Waals surface area (Å²) in [6.07, 6.45) is -1.60. The van der Waals surface area contributed by atoms with Gasteiger partial charge in [-0.15, -0.1) is 0 Å². The minimum atomic E-state index is -1.60. The molecule has 0 bridgehead atoms. The summed E-state index contributed by atoms with van der Waals surface area (Å²) in [6, 6.07) is 12.3. The number of hydrogen-bond donors (Lipinski definition) is 4. The van der Waals surface area contributed by atoms with Gasteiger partial charge in [-0.25, -0.2) is 5.48 Å². The third kappa shape index (κ3) is 6.77. The van der Waals surface area contributed by atoms with Gasteiger partial charge in [-0.3, -0.25) is 24.4 Å². The van der Waals surface area contributed by atoms with E-state index in [1.807, 2.05) is 42.5 Å². The number of nitrogens with one attached hydrogen (secondary N) is 3. The molecule has 9 heteroatoms. The first-order chi connectivity index (χ1) is 16.0. The lowest BCUT2D eigenvalue weighted by Gasteiger charge is -2.32. The van der Waals surface area contributed by atoms with Crippen molar-refractivity contribution in [3.05, 3.63) is 48.0 Å². The Morgan fingerprint density at radius 1 is 0.971 bits per heavy atom. The van der Waals surface area contributed by atoms with Crippen LogP contribution in [0.2, 0.25) is 0 Å². The van der Waals surface area contributed by atoms with Gasteiger partial charge in [0.25, 0.3) is 5.91 Å². The van der Waals surface area contributed by atoms with Crippen LogP contribution < -0.4 is 16.1 Å². The molecule has 0 aliphatic rings. The number of amides is 3. The van der Waals surface area contributed by atoms with Crippen molar-refractivity contribution in [1.29, 1.82) is 0 Å². The van der Waals surface area contributed by atoms with Gasteiger partial charge >= 0.3 is 5.97 Å². The van der Waals surface area contributed by atoms with Gasteiger partial charge in [0.2, 0.25) is 11.8 Å². The summed E-state index contributed by atoms with van der Waals surface area (Å²) in [5.74, 6) is -4.01. The van der Waals surface area contributed by atoms with E-state index in [2.05, 4.69) is 10.6 Å². The maximum Gasteiger partial charge on any atom is 0.306 e. The number of benzene rings is 2. The summed E-state index contributed by atoms with van der Waals surface area (Å²) in [4.78, 5) is 50.5. The summed E-state index contributed by atoms with van der Waals surface area (Å²) in [5, 5.41) is 16.5. The van der Waals surface area contributed by atoms with Crippen LogP contribution in [0.1, 0.15) is 39.7 Å². The zero-order valence-electron chi connectivity index (χ0n) is 20.2. The highest BCUT2D eigenvalue weighted by Crippen LogP contribution is 2.24. The molecule has 0 fully saturated rings. The Morgan fingerprint density at radius 3 is 2.18 bits per heavy atom. The summed E-state index contributed by atoms with van der Waals surface area (Å²) in [6.45, 7) is 6.93. The van der Waals surface area contributed by atoms with Gasteiger partial charge in [-0.05, 0) is 28.2 Å². The molecule has 0 aromatic heterocycles. The number of fused-ring (bicyclic) bond motifs is 1. The number of carbonyl (C=O) groups excluding carboxylic acids is 4. The van der Waals surface area contributed by atoms with E-state index in [0.29, 0.717) is 0 Å². The minimum absolute atomic E-state index is 0.0242. The Bertz CT molecular complexity index is 1050. The lowest BCUT2D eigenvalue weighted by molar-refractivity contribution is -0.165. The minimum Gasteiger partial charge on any atom is -0.451 e. The van der Waals surface area contributed by atoms with Crippen LogP contribution in [0.25, 0.3) is 10.8 Å². The molecule has 0 aliphatic heterocycles. The van der Waals surface area contributed by atoms with Gasteiger partial charge in [0, 0.05) is 13.5 Å². The molecule has 0 saturated carbocycles. The second-order valence-electron chi connectivity index (χ2n) is 9.15. The monoisotopic (exact) mass is 471 g/mol. The number of hydroxylamine groups is 1. The summed E-state index contributed by atoms with van der Waals surface area (Å²) >= 11 is 0. The van der Waals surface area contributed by atoms with Crippen molar-refractivity contribution in [2.24, 2.45) is 11.3 Å². The van der Waals surface area contributed by atoms with Crippen molar-refractivity contribution >= 4 is 34.5 Å². The van der Waals surface area contributed by atoms with E-state index in [-0.39, 0.29) is 12.8 Å². The molecule has 9 nitrogen and oxygen atoms in total. The van der Waals surface area contributed by atoms with E-state index < -0.39 is 47.2 Å². The van der Waals surface area contributed by atoms with Crippen LogP contribution in [0, 0.1) is 11.3 Å². The van der Waals surface area contributed by atoms with Crippen molar-refractivity contribution in [3.8, 4) is 0 Å². The maximum atomic E-state index is 13.5. The van der Waals surface area contributed by atoms with Crippen LogP contribution in [0.3, 0.4) is 0 Å². The Balaban J connectivity index is 2.48. The fourth-order valence-corrected chi connectivity index (χ4v) is 3.63. The Labute approximate surface area is 199 Å². The molecule has 0 heterocycles. The van der Waals surface area contributed by atoms with Crippen LogP contribution in [0.5, 0.6) is 0 Å². The molecule has 2 aromatic rings. The van der Waals surface area contributed by atoms with E-state index in [1.165, 1.54) is 12.5 Å². The molecule has 0 saturated heterocycles. The first kappa shape index (κ1) is 26.8. The molecule has 3 amide bonds. The highest BCUT2D eigenvalue weighted by molar-refractivity contribution is 5.94. The lowest BCUT2D eigenvalue weighted by Crippen LogP contribution is -2.57. The first-order valence-electron chi connectivity index (χ1n) is 11.1.